The Morgan fingerprint density at radius 2 is 2.24 bits per heavy atom. The number of hydrogen-bond acceptors (Lipinski definition) is 3. The van der Waals surface area contributed by atoms with Crippen molar-refractivity contribution in [1.29, 1.82) is 0 Å². The van der Waals surface area contributed by atoms with Gasteiger partial charge in [0, 0.05) is 5.56 Å². The lowest BCUT2D eigenvalue weighted by molar-refractivity contribution is -0.151. The molecule has 0 unspecified atom stereocenters. The van der Waals surface area contributed by atoms with Gasteiger partial charge in [-0.05, 0) is 13.0 Å². The fraction of sp³-hybridized carbons (Fsp3) is 0.417. The van der Waals surface area contributed by atoms with Crippen LogP contribution in [0.3, 0.4) is 0 Å². The second-order valence-electron chi connectivity index (χ2n) is 3.77. The predicted octanol–water partition coefficient (Wildman–Crippen LogP) is 2.49. The van der Waals surface area contributed by atoms with E-state index in [1.807, 2.05) is 0 Å². The minimum atomic E-state index is -2.46. The molecule has 17 heavy (non-hydrogen) atoms. The first-order chi connectivity index (χ1) is 8.08. The maximum atomic E-state index is 14.5. The first-order valence-corrected chi connectivity index (χ1v) is 5.32. The van der Waals surface area contributed by atoms with Gasteiger partial charge in [-0.3, -0.25) is 4.79 Å². The van der Waals surface area contributed by atoms with Crippen molar-refractivity contribution in [3.63, 3.8) is 0 Å². The highest BCUT2D eigenvalue weighted by atomic mass is 19.2. The number of ether oxygens (including phenoxy) is 2. The van der Waals surface area contributed by atoms with Crippen LogP contribution in [-0.2, 0) is 15.2 Å². The molecule has 3 nitrogen and oxygen atoms in total. The molecule has 0 bridgehead atoms. The Morgan fingerprint density at radius 1 is 1.53 bits per heavy atom. The molecule has 2 rings (SSSR count). The monoisotopic (exact) mass is 242 g/mol. The zero-order chi connectivity index (χ0) is 12.5. The molecule has 5 heteroatoms. The van der Waals surface area contributed by atoms with Crippen LogP contribution < -0.4 is 4.74 Å². The standard InChI is InChI=1S/C12H12F2O3/c1-2-16-10(15)7-12(14)8-5-3-4-6-9(8)17-11(12)13/h3-6,11H,2,7H2,1H3/t11-,12-/m0/s1. The van der Waals surface area contributed by atoms with Crippen molar-refractivity contribution in [2.45, 2.75) is 25.4 Å². The second kappa shape index (κ2) is 4.31. The van der Waals surface area contributed by atoms with Crippen LogP contribution in [0.1, 0.15) is 18.9 Å². The first kappa shape index (κ1) is 11.8. The van der Waals surface area contributed by atoms with Crippen LogP contribution in [0.5, 0.6) is 5.75 Å². The zero-order valence-electron chi connectivity index (χ0n) is 9.28. The summed E-state index contributed by atoms with van der Waals surface area (Å²) in [4.78, 5) is 11.3. The van der Waals surface area contributed by atoms with Crippen molar-refractivity contribution < 1.29 is 23.0 Å². The molecule has 1 aliphatic rings. The number of halogens is 2. The third-order valence-electron chi connectivity index (χ3n) is 2.63. The molecule has 0 saturated carbocycles. The maximum absolute atomic E-state index is 14.5. The number of rotatable bonds is 3. The molecule has 0 aromatic heterocycles. The fourth-order valence-electron chi connectivity index (χ4n) is 1.84. The van der Waals surface area contributed by atoms with E-state index in [0.717, 1.165) is 0 Å². The molecule has 1 heterocycles. The molecule has 0 saturated heterocycles. The van der Waals surface area contributed by atoms with Gasteiger partial charge < -0.3 is 9.47 Å². The van der Waals surface area contributed by atoms with Crippen LogP contribution in [0.4, 0.5) is 8.78 Å². The largest absolute Gasteiger partial charge is 0.466 e. The zero-order valence-corrected chi connectivity index (χ0v) is 9.28. The highest BCUT2D eigenvalue weighted by Crippen LogP contribution is 2.47. The molecule has 1 aliphatic heterocycles. The van der Waals surface area contributed by atoms with E-state index >= 15 is 0 Å². The van der Waals surface area contributed by atoms with Gasteiger partial charge in [0.2, 0.25) is 5.67 Å². The molecular weight excluding hydrogens is 230 g/mol. The molecular formula is C12H12F2O3. The molecule has 92 valence electrons. The average Bonchev–Trinajstić information content (AvgIpc) is 2.52. The number of para-hydroxylation sites is 1. The first-order valence-electron chi connectivity index (χ1n) is 5.32. The highest BCUT2D eigenvalue weighted by molar-refractivity contribution is 5.72. The van der Waals surface area contributed by atoms with Crippen molar-refractivity contribution in [3.8, 4) is 5.75 Å². The van der Waals surface area contributed by atoms with Crippen molar-refractivity contribution in [1.82, 2.24) is 0 Å². The summed E-state index contributed by atoms with van der Waals surface area (Å²) in [6.07, 6.45) is -2.86. The molecule has 0 N–H and O–H groups in total. The van der Waals surface area contributed by atoms with Gasteiger partial charge in [0.05, 0.1) is 13.0 Å². The molecule has 1 aromatic rings. The summed E-state index contributed by atoms with van der Waals surface area (Å²) in [5.74, 6) is -0.648. The maximum Gasteiger partial charge on any atom is 0.309 e. The van der Waals surface area contributed by atoms with Gasteiger partial charge in [0.25, 0.3) is 6.36 Å². The summed E-state index contributed by atoms with van der Waals surface area (Å²) >= 11 is 0. The summed E-state index contributed by atoms with van der Waals surface area (Å²) in [5.41, 5.74) is -2.40. The number of alkyl halides is 2. The van der Waals surface area contributed by atoms with Crippen molar-refractivity contribution in [2.75, 3.05) is 6.61 Å². The number of benzene rings is 1. The van der Waals surface area contributed by atoms with Gasteiger partial charge in [-0.2, -0.15) is 4.39 Å². The molecule has 2 atom stereocenters. The Bertz CT molecular complexity index is 436. The molecule has 0 fully saturated rings. The van der Waals surface area contributed by atoms with Gasteiger partial charge in [-0.15, -0.1) is 0 Å². The van der Waals surface area contributed by atoms with E-state index in [2.05, 4.69) is 4.74 Å². The van der Waals surface area contributed by atoms with E-state index in [9.17, 15) is 13.6 Å². The average molecular weight is 242 g/mol. The summed E-state index contributed by atoms with van der Waals surface area (Å²) < 4.78 is 37.4. The van der Waals surface area contributed by atoms with E-state index in [-0.39, 0.29) is 17.9 Å². The lowest BCUT2D eigenvalue weighted by Gasteiger charge is -2.19. The lowest BCUT2D eigenvalue weighted by Crippen LogP contribution is -2.33. The normalized spacial score (nSPS) is 26.2. The third-order valence-corrected chi connectivity index (χ3v) is 2.63. The van der Waals surface area contributed by atoms with Gasteiger partial charge in [-0.25, -0.2) is 4.39 Å². The van der Waals surface area contributed by atoms with E-state index in [4.69, 9.17) is 4.74 Å². The van der Waals surface area contributed by atoms with Crippen LogP contribution in [0.25, 0.3) is 0 Å². The number of esters is 1. The molecule has 0 spiro atoms. The Morgan fingerprint density at radius 3 is 2.94 bits per heavy atom. The molecule has 0 radical (unpaired) electrons. The third kappa shape index (κ3) is 1.97. The van der Waals surface area contributed by atoms with E-state index < -0.39 is 24.4 Å². The van der Waals surface area contributed by atoms with Gasteiger partial charge in [0.1, 0.15) is 5.75 Å². The molecule has 0 amide bonds. The van der Waals surface area contributed by atoms with E-state index in [1.165, 1.54) is 12.1 Å². The summed E-state index contributed by atoms with van der Waals surface area (Å²) in [6.45, 7) is 1.74. The quantitative estimate of drug-likeness (QED) is 0.764. The van der Waals surface area contributed by atoms with Crippen LogP contribution in [0.15, 0.2) is 24.3 Å². The summed E-state index contributed by atoms with van der Waals surface area (Å²) in [7, 11) is 0. The number of carbonyl (C=O) groups is 1. The van der Waals surface area contributed by atoms with E-state index in [1.54, 1.807) is 19.1 Å². The van der Waals surface area contributed by atoms with E-state index in [0.29, 0.717) is 0 Å². The summed E-state index contributed by atoms with van der Waals surface area (Å²) in [6, 6.07) is 6.06. The SMILES string of the molecule is CCOC(=O)C[C@]1(F)c2ccccc2O[C@@H]1F. The Labute approximate surface area is 97.3 Å². The Balaban J connectivity index is 2.27. The fourth-order valence-corrected chi connectivity index (χ4v) is 1.84. The van der Waals surface area contributed by atoms with Gasteiger partial charge >= 0.3 is 5.97 Å². The number of fused-ring (bicyclic) bond motifs is 1. The summed E-state index contributed by atoms with van der Waals surface area (Å²) in [5, 5.41) is 0. The molecule has 1 aromatic carbocycles. The predicted molar refractivity (Wildman–Crippen MR) is 56.0 cm³/mol. The van der Waals surface area contributed by atoms with Crippen LogP contribution >= 0.6 is 0 Å². The number of hydrogen-bond donors (Lipinski definition) is 0. The Hall–Kier alpha value is -1.65. The topological polar surface area (TPSA) is 35.5 Å². The minimum Gasteiger partial charge on any atom is -0.466 e. The Kier molecular flexibility index (Phi) is 3.00. The van der Waals surface area contributed by atoms with Gasteiger partial charge in [-0.1, -0.05) is 18.2 Å². The van der Waals surface area contributed by atoms with Crippen molar-refractivity contribution in [2.24, 2.45) is 0 Å². The number of carbonyl (C=O) groups excluding carboxylic acids is 1. The van der Waals surface area contributed by atoms with Gasteiger partial charge in [0.15, 0.2) is 0 Å². The lowest BCUT2D eigenvalue weighted by atomic mass is 9.94. The highest BCUT2D eigenvalue weighted by Gasteiger charge is 2.52. The smallest absolute Gasteiger partial charge is 0.309 e. The molecule has 0 aliphatic carbocycles. The van der Waals surface area contributed by atoms with Crippen molar-refractivity contribution >= 4 is 5.97 Å². The van der Waals surface area contributed by atoms with Crippen LogP contribution in [0, 0.1) is 0 Å². The minimum absolute atomic E-state index is 0.0561. The second-order valence-corrected chi connectivity index (χ2v) is 3.77. The van der Waals surface area contributed by atoms with Crippen molar-refractivity contribution in [3.05, 3.63) is 29.8 Å². The van der Waals surface area contributed by atoms with Crippen LogP contribution in [-0.4, -0.2) is 18.9 Å². The van der Waals surface area contributed by atoms with Crippen LogP contribution in [0.2, 0.25) is 0 Å².